The SMILES string of the molecule is COc1ccc(COc2nc(N3CCC(C)(CNC(=O)O)CC3)ncc2I)cc1. The zero-order valence-electron chi connectivity index (χ0n) is 16.5. The second-order valence-corrected chi connectivity index (χ2v) is 8.58. The highest BCUT2D eigenvalue weighted by molar-refractivity contribution is 14.1. The van der Waals surface area contributed by atoms with E-state index in [1.807, 2.05) is 24.3 Å². The average molecular weight is 512 g/mol. The number of halogens is 1. The van der Waals surface area contributed by atoms with Gasteiger partial charge in [0.1, 0.15) is 12.4 Å². The van der Waals surface area contributed by atoms with Crippen LogP contribution in [0.3, 0.4) is 0 Å². The fourth-order valence-corrected chi connectivity index (χ4v) is 3.60. The van der Waals surface area contributed by atoms with Crippen LogP contribution in [-0.4, -0.2) is 47.9 Å². The molecule has 1 amide bonds. The van der Waals surface area contributed by atoms with Gasteiger partial charge in [0, 0.05) is 25.8 Å². The van der Waals surface area contributed by atoms with Gasteiger partial charge in [0.15, 0.2) is 0 Å². The lowest BCUT2D eigenvalue weighted by Crippen LogP contribution is -2.45. The predicted octanol–water partition coefficient (Wildman–Crippen LogP) is 3.54. The first-order valence-electron chi connectivity index (χ1n) is 9.38. The van der Waals surface area contributed by atoms with Crippen molar-refractivity contribution in [2.24, 2.45) is 5.41 Å². The van der Waals surface area contributed by atoms with E-state index in [1.54, 1.807) is 13.3 Å². The van der Waals surface area contributed by atoms with E-state index in [-0.39, 0.29) is 5.41 Å². The molecule has 0 aliphatic carbocycles. The molecule has 9 heteroatoms. The van der Waals surface area contributed by atoms with Gasteiger partial charge in [0.2, 0.25) is 11.8 Å². The summed E-state index contributed by atoms with van der Waals surface area (Å²) in [6.45, 7) is 4.53. The number of piperidine rings is 1. The predicted molar refractivity (Wildman–Crippen MR) is 118 cm³/mol. The summed E-state index contributed by atoms with van der Waals surface area (Å²) in [5, 5.41) is 11.3. The van der Waals surface area contributed by atoms with E-state index in [0.717, 1.165) is 40.8 Å². The van der Waals surface area contributed by atoms with E-state index in [4.69, 9.17) is 14.6 Å². The molecule has 2 aromatic rings. The van der Waals surface area contributed by atoms with Crippen molar-refractivity contribution in [3.05, 3.63) is 39.6 Å². The highest BCUT2D eigenvalue weighted by Gasteiger charge is 2.31. The van der Waals surface area contributed by atoms with Gasteiger partial charge in [0.05, 0.1) is 10.7 Å². The highest BCUT2D eigenvalue weighted by Crippen LogP contribution is 2.32. The molecule has 2 N–H and O–H groups in total. The molecule has 0 atom stereocenters. The maximum absolute atomic E-state index is 10.8. The van der Waals surface area contributed by atoms with Crippen molar-refractivity contribution in [3.8, 4) is 11.6 Å². The highest BCUT2D eigenvalue weighted by atomic mass is 127. The number of ether oxygens (including phenoxy) is 2. The van der Waals surface area contributed by atoms with Gasteiger partial charge in [-0.25, -0.2) is 9.78 Å². The summed E-state index contributed by atoms with van der Waals surface area (Å²) >= 11 is 2.17. The van der Waals surface area contributed by atoms with Crippen LogP contribution in [0.5, 0.6) is 11.6 Å². The molecule has 0 spiro atoms. The standard InChI is InChI=1S/C20H25IN4O4/c1-20(13-23-19(26)27)7-9-25(10-8-20)18-22-11-16(21)17(24-18)29-12-14-3-5-15(28-2)6-4-14/h3-6,11,23H,7-10,12-13H2,1-2H3,(H,26,27). The Morgan fingerprint density at radius 1 is 1.31 bits per heavy atom. The van der Waals surface area contributed by atoms with Crippen LogP contribution >= 0.6 is 22.6 Å². The number of hydrogen-bond donors (Lipinski definition) is 2. The quantitative estimate of drug-likeness (QED) is 0.548. The molecular weight excluding hydrogens is 487 g/mol. The molecule has 0 unspecified atom stereocenters. The molecule has 1 aromatic heterocycles. The van der Waals surface area contributed by atoms with Gasteiger partial charge in [-0.1, -0.05) is 19.1 Å². The van der Waals surface area contributed by atoms with Crippen LogP contribution < -0.4 is 19.7 Å². The van der Waals surface area contributed by atoms with Gasteiger partial charge >= 0.3 is 6.09 Å². The van der Waals surface area contributed by atoms with Crippen molar-refractivity contribution < 1.29 is 19.4 Å². The Morgan fingerprint density at radius 3 is 2.62 bits per heavy atom. The van der Waals surface area contributed by atoms with Crippen LogP contribution in [0, 0.1) is 8.99 Å². The van der Waals surface area contributed by atoms with Gasteiger partial charge in [-0.3, -0.25) is 0 Å². The van der Waals surface area contributed by atoms with Crippen LogP contribution in [0.15, 0.2) is 30.5 Å². The summed E-state index contributed by atoms with van der Waals surface area (Å²) in [5.41, 5.74) is 0.979. The first-order chi connectivity index (χ1) is 13.9. The van der Waals surface area contributed by atoms with Gasteiger partial charge in [-0.05, 0) is 58.5 Å². The number of rotatable bonds is 7. The molecule has 156 valence electrons. The Labute approximate surface area is 183 Å². The smallest absolute Gasteiger partial charge is 0.404 e. The molecule has 0 saturated carbocycles. The molecule has 0 bridgehead atoms. The third-order valence-corrected chi connectivity index (χ3v) is 5.89. The number of nitrogens with one attached hydrogen (secondary N) is 1. The normalized spacial score (nSPS) is 15.6. The lowest BCUT2D eigenvalue weighted by Gasteiger charge is -2.39. The maximum atomic E-state index is 10.8. The van der Waals surface area contributed by atoms with Crippen LogP contribution in [0.2, 0.25) is 0 Å². The molecule has 2 heterocycles. The van der Waals surface area contributed by atoms with E-state index in [2.05, 4.69) is 49.7 Å². The lowest BCUT2D eigenvalue weighted by molar-refractivity contribution is 0.178. The topological polar surface area (TPSA) is 96.8 Å². The molecule has 1 aliphatic heterocycles. The molecule has 29 heavy (non-hydrogen) atoms. The zero-order valence-corrected chi connectivity index (χ0v) is 18.7. The fraction of sp³-hybridized carbons (Fsp3) is 0.450. The Kier molecular flexibility index (Phi) is 6.99. The molecular formula is C20H25IN4O4. The number of anilines is 1. The lowest BCUT2D eigenvalue weighted by atomic mass is 9.80. The first-order valence-corrected chi connectivity index (χ1v) is 10.5. The summed E-state index contributed by atoms with van der Waals surface area (Å²) < 4.78 is 12.0. The monoisotopic (exact) mass is 512 g/mol. The van der Waals surface area contributed by atoms with Gasteiger partial charge < -0.3 is 24.8 Å². The largest absolute Gasteiger partial charge is 0.497 e. The van der Waals surface area contributed by atoms with E-state index in [1.165, 1.54) is 0 Å². The molecule has 8 nitrogen and oxygen atoms in total. The van der Waals surface area contributed by atoms with Crippen LogP contribution in [0.4, 0.5) is 10.7 Å². The van der Waals surface area contributed by atoms with E-state index >= 15 is 0 Å². The number of amides is 1. The maximum Gasteiger partial charge on any atom is 0.404 e. The number of carboxylic acid groups (broad SMARTS) is 1. The number of hydrogen-bond acceptors (Lipinski definition) is 6. The van der Waals surface area contributed by atoms with Gasteiger partial charge in [-0.2, -0.15) is 4.98 Å². The number of aromatic nitrogens is 2. The molecule has 1 aromatic carbocycles. The van der Waals surface area contributed by atoms with Crippen molar-refractivity contribution in [1.29, 1.82) is 0 Å². The Hall–Kier alpha value is -2.30. The third kappa shape index (κ3) is 5.84. The van der Waals surface area contributed by atoms with Crippen molar-refractivity contribution in [1.82, 2.24) is 15.3 Å². The van der Waals surface area contributed by atoms with Crippen molar-refractivity contribution in [2.75, 3.05) is 31.6 Å². The minimum absolute atomic E-state index is 0.0498. The molecule has 1 aliphatic rings. The Bertz CT molecular complexity index is 839. The van der Waals surface area contributed by atoms with Crippen LogP contribution in [0.25, 0.3) is 0 Å². The Morgan fingerprint density at radius 2 is 2.00 bits per heavy atom. The van der Waals surface area contributed by atoms with Crippen LogP contribution in [0.1, 0.15) is 25.3 Å². The fourth-order valence-electron chi connectivity index (χ4n) is 3.18. The summed E-state index contributed by atoms with van der Waals surface area (Å²) in [7, 11) is 1.64. The van der Waals surface area contributed by atoms with Crippen LogP contribution in [-0.2, 0) is 6.61 Å². The molecule has 1 saturated heterocycles. The minimum Gasteiger partial charge on any atom is -0.497 e. The third-order valence-electron chi connectivity index (χ3n) is 5.15. The zero-order chi connectivity index (χ0) is 20.9. The summed E-state index contributed by atoms with van der Waals surface area (Å²) in [5.74, 6) is 2.01. The molecule has 1 fully saturated rings. The van der Waals surface area contributed by atoms with Crippen molar-refractivity contribution in [3.63, 3.8) is 0 Å². The van der Waals surface area contributed by atoms with Crippen molar-refractivity contribution >= 4 is 34.6 Å². The number of carbonyl (C=O) groups is 1. The van der Waals surface area contributed by atoms with Crippen molar-refractivity contribution in [2.45, 2.75) is 26.4 Å². The second kappa shape index (κ2) is 9.47. The summed E-state index contributed by atoms with van der Waals surface area (Å²) in [6, 6.07) is 7.73. The second-order valence-electron chi connectivity index (χ2n) is 7.42. The van der Waals surface area contributed by atoms with Gasteiger partial charge in [0.25, 0.3) is 0 Å². The average Bonchev–Trinajstić information content (AvgIpc) is 2.73. The summed E-state index contributed by atoms with van der Waals surface area (Å²) in [6.07, 6.45) is 2.52. The summed E-state index contributed by atoms with van der Waals surface area (Å²) in [4.78, 5) is 22.0. The number of methoxy groups -OCH3 is 1. The van der Waals surface area contributed by atoms with E-state index in [9.17, 15) is 4.79 Å². The number of benzene rings is 1. The van der Waals surface area contributed by atoms with E-state index in [0.29, 0.717) is 25.0 Å². The number of nitrogens with zero attached hydrogens (tertiary/aromatic N) is 3. The molecule has 3 rings (SSSR count). The van der Waals surface area contributed by atoms with E-state index < -0.39 is 6.09 Å². The first kappa shape index (κ1) is 21.4. The Balaban J connectivity index is 1.61. The molecule has 0 radical (unpaired) electrons. The minimum atomic E-state index is -0.978. The van der Waals surface area contributed by atoms with Gasteiger partial charge in [-0.15, -0.1) is 0 Å².